The summed E-state index contributed by atoms with van der Waals surface area (Å²) in [5.41, 5.74) is 0. The van der Waals surface area contributed by atoms with Gasteiger partial charge in [-0.2, -0.15) is 0 Å². The lowest BCUT2D eigenvalue weighted by Gasteiger charge is -2.01. The highest BCUT2D eigenvalue weighted by Crippen LogP contribution is 2.10. The maximum absolute atomic E-state index is 8.72. The van der Waals surface area contributed by atoms with E-state index in [4.69, 9.17) is 4.80 Å². The second-order valence-electron chi connectivity index (χ2n) is 3.95. The van der Waals surface area contributed by atoms with Gasteiger partial charge in [0.05, 0.1) is 0 Å². The molecule has 86 valence electrons. The van der Waals surface area contributed by atoms with Crippen LogP contribution in [0.5, 0.6) is 0 Å². The lowest BCUT2D eigenvalue weighted by molar-refractivity contribution is 0.562. The van der Waals surface area contributed by atoms with E-state index in [0.717, 1.165) is 11.4 Å². The molecule has 0 unspecified atom stereocenters. The van der Waals surface area contributed by atoms with Gasteiger partial charge in [-0.15, -0.1) is 0 Å². The summed E-state index contributed by atoms with van der Waals surface area (Å²) in [5, 5.41) is 1.16. The zero-order chi connectivity index (χ0) is 10.5. The second kappa shape index (κ2) is 13.7. The summed E-state index contributed by atoms with van der Waals surface area (Å²) in [6.45, 7) is 0. The first-order valence-corrected chi connectivity index (χ1v) is 8.84. The second-order valence-corrected chi connectivity index (χ2v) is 5.90. The molecule has 0 saturated heterocycles. The Balaban J connectivity index is 2.78. The molecule has 14 heavy (non-hydrogen) atoms. The van der Waals surface area contributed by atoms with Crippen LogP contribution in [0.1, 0.15) is 57.8 Å². The monoisotopic (exact) mass is 280 g/mol. The van der Waals surface area contributed by atoms with E-state index in [1.165, 1.54) is 57.8 Å². The van der Waals surface area contributed by atoms with Crippen LogP contribution in [0.4, 0.5) is 0 Å². The van der Waals surface area contributed by atoms with Crippen molar-refractivity contribution in [1.29, 1.82) is 0 Å². The van der Waals surface area contributed by atoms with Crippen LogP contribution in [-0.2, 0) is 0 Å². The average Bonchev–Trinajstić information content (AvgIpc) is 2.21. The molecule has 0 bridgehead atoms. The Morgan fingerprint density at radius 1 is 0.714 bits per heavy atom. The predicted octanol–water partition coefficient (Wildman–Crippen LogP) is 3.39. The van der Waals surface area contributed by atoms with Crippen molar-refractivity contribution in [2.24, 2.45) is 0 Å². The molecule has 0 fully saturated rings. The molecule has 0 rings (SSSR count). The van der Waals surface area contributed by atoms with Gasteiger partial charge in [0.1, 0.15) is 0 Å². The van der Waals surface area contributed by atoms with Crippen LogP contribution in [0.3, 0.4) is 0 Å². The summed E-state index contributed by atoms with van der Waals surface area (Å²) >= 11 is 3.45. The maximum atomic E-state index is 8.72. The van der Waals surface area contributed by atoms with Gasteiger partial charge in [-0.3, -0.25) is 0 Å². The van der Waals surface area contributed by atoms with Gasteiger partial charge in [0.2, 0.25) is 0 Å². The molecular formula is C11H25BrOSi. The van der Waals surface area contributed by atoms with Crippen LogP contribution in [0.25, 0.3) is 0 Å². The van der Waals surface area contributed by atoms with E-state index in [1.54, 1.807) is 0 Å². The number of alkyl halides is 1. The Morgan fingerprint density at radius 2 is 1.14 bits per heavy atom. The van der Waals surface area contributed by atoms with E-state index < -0.39 is 9.76 Å². The van der Waals surface area contributed by atoms with E-state index in [1.807, 2.05) is 0 Å². The van der Waals surface area contributed by atoms with E-state index in [0.29, 0.717) is 0 Å². The van der Waals surface area contributed by atoms with Crippen LogP contribution in [0, 0.1) is 0 Å². The van der Waals surface area contributed by atoms with Gasteiger partial charge in [-0.1, -0.05) is 67.3 Å². The summed E-state index contributed by atoms with van der Waals surface area (Å²) < 4.78 is 0. The molecule has 0 aromatic rings. The molecule has 0 aliphatic carbocycles. The Hall–Kier alpha value is 0.657. The molecule has 0 aromatic heterocycles. The normalized spacial score (nSPS) is 11.6. The van der Waals surface area contributed by atoms with Crippen LogP contribution in [0.15, 0.2) is 0 Å². The number of hydrogen-bond donors (Lipinski definition) is 1. The molecule has 3 heteroatoms. The molecule has 0 saturated carbocycles. The van der Waals surface area contributed by atoms with Crippen molar-refractivity contribution in [3.63, 3.8) is 0 Å². The van der Waals surface area contributed by atoms with Crippen molar-refractivity contribution in [1.82, 2.24) is 0 Å². The van der Waals surface area contributed by atoms with Crippen LogP contribution < -0.4 is 0 Å². The molecule has 1 nitrogen and oxygen atoms in total. The van der Waals surface area contributed by atoms with E-state index in [9.17, 15) is 0 Å². The fourth-order valence-corrected chi connectivity index (χ4v) is 2.59. The summed E-state index contributed by atoms with van der Waals surface area (Å²) in [5.74, 6) is 0. The maximum Gasteiger partial charge on any atom is 0.156 e. The molecule has 0 atom stereocenters. The molecule has 0 amide bonds. The minimum atomic E-state index is -0.644. The van der Waals surface area contributed by atoms with Crippen LogP contribution in [-0.4, -0.2) is 19.9 Å². The van der Waals surface area contributed by atoms with E-state index in [2.05, 4.69) is 15.9 Å². The zero-order valence-electron chi connectivity index (χ0n) is 9.31. The third-order valence-corrected chi connectivity index (χ3v) is 3.92. The Labute approximate surface area is 99.7 Å². The molecule has 0 spiro atoms. The summed E-state index contributed by atoms with van der Waals surface area (Å²) in [6.07, 6.45) is 12.4. The Bertz CT molecular complexity index is 89.3. The molecule has 0 aliphatic rings. The molecular weight excluding hydrogens is 256 g/mol. The largest absolute Gasteiger partial charge is 0.438 e. The third-order valence-electron chi connectivity index (χ3n) is 2.54. The first kappa shape index (κ1) is 14.7. The predicted molar refractivity (Wildman–Crippen MR) is 70.9 cm³/mol. The lowest BCUT2D eigenvalue weighted by atomic mass is 10.1. The van der Waals surface area contributed by atoms with Gasteiger partial charge < -0.3 is 4.80 Å². The highest BCUT2D eigenvalue weighted by Gasteiger charge is 1.92. The van der Waals surface area contributed by atoms with Gasteiger partial charge >= 0.3 is 0 Å². The summed E-state index contributed by atoms with van der Waals surface area (Å²) in [7, 11) is -0.644. The topological polar surface area (TPSA) is 20.2 Å². The zero-order valence-corrected chi connectivity index (χ0v) is 12.3. The van der Waals surface area contributed by atoms with Crippen molar-refractivity contribution in [2.45, 2.75) is 63.8 Å². The Kier molecular flexibility index (Phi) is 14.3. The minimum Gasteiger partial charge on any atom is -0.438 e. The molecule has 0 aliphatic heterocycles. The van der Waals surface area contributed by atoms with Gasteiger partial charge in [0, 0.05) is 5.33 Å². The van der Waals surface area contributed by atoms with Crippen molar-refractivity contribution in [3.8, 4) is 0 Å². The number of hydrogen-bond acceptors (Lipinski definition) is 1. The van der Waals surface area contributed by atoms with Crippen molar-refractivity contribution in [3.05, 3.63) is 0 Å². The Morgan fingerprint density at radius 3 is 1.57 bits per heavy atom. The van der Waals surface area contributed by atoms with Gasteiger partial charge in [0.15, 0.2) is 9.76 Å². The lowest BCUT2D eigenvalue weighted by Crippen LogP contribution is -1.86. The molecule has 0 aromatic carbocycles. The number of unbranched alkanes of at least 4 members (excludes halogenated alkanes) is 8. The minimum absolute atomic E-state index is 0.644. The van der Waals surface area contributed by atoms with E-state index >= 15 is 0 Å². The average molecular weight is 281 g/mol. The molecule has 1 N–H and O–H groups in total. The van der Waals surface area contributed by atoms with Crippen molar-refractivity contribution in [2.75, 3.05) is 5.33 Å². The summed E-state index contributed by atoms with van der Waals surface area (Å²) in [4.78, 5) is 8.72. The van der Waals surface area contributed by atoms with Crippen molar-refractivity contribution >= 4 is 25.7 Å². The first-order valence-electron chi connectivity index (χ1n) is 6.08. The van der Waals surface area contributed by atoms with Gasteiger partial charge in [0.25, 0.3) is 0 Å². The fourth-order valence-electron chi connectivity index (χ4n) is 1.62. The summed E-state index contributed by atoms with van der Waals surface area (Å²) in [6, 6.07) is 1.13. The molecule has 0 radical (unpaired) electrons. The smallest absolute Gasteiger partial charge is 0.156 e. The molecule has 0 heterocycles. The van der Waals surface area contributed by atoms with Crippen LogP contribution in [0.2, 0.25) is 6.04 Å². The van der Waals surface area contributed by atoms with E-state index in [-0.39, 0.29) is 0 Å². The van der Waals surface area contributed by atoms with Gasteiger partial charge in [-0.05, 0) is 12.5 Å². The fraction of sp³-hybridized carbons (Fsp3) is 1.00. The number of halogens is 1. The third kappa shape index (κ3) is 12.7. The highest BCUT2D eigenvalue weighted by atomic mass is 79.9. The highest BCUT2D eigenvalue weighted by molar-refractivity contribution is 9.09. The quantitative estimate of drug-likeness (QED) is 0.350. The van der Waals surface area contributed by atoms with Crippen LogP contribution >= 0.6 is 15.9 Å². The van der Waals surface area contributed by atoms with Crippen molar-refractivity contribution < 1.29 is 4.80 Å². The van der Waals surface area contributed by atoms with Gasteiger partial charge in [-0.25, -0.2) is 0 Å². The SMILES string of the molecule is O[SiH2]CCCCCCCCCCCBr. The standard InChI is InChI=1S/C11H25BrOSi/c12-10-8-6-4-2-1-3-5-7-9-11-14-13/h13H,1-11,14H2. The first-order chi connectivity index (χ1) is 6.91. The number of rotatable bonds is 11.